The lowest BCUT2D eigenvalue weighted by Gasteiger charge is -2.09. The summed E-state index contributed by atoms with van der Waals surface area (Å²) >= 11 is 0. The van der Waals surface area contributed by atoms with Crippen LogP contribution in [0.25, 0.3) is 10.9 Å². The normalized spacial score (nSPS) is 11.1. The zero-order valence-electron chi connectivity index (χ0n) is 8.74. The van der Waals surface area contributed by atoms with E-state index in [2.05, 4.69) is 4.98 Å². The molecule has 2 nitrogen and oxygen atoms in total. The molecule has 5 heteroatoms. The van der Waals surface area contributed by atoms with Crippen molar-refractivity contribution in [3.8, 4) is 0 Å². The van der Waals surface area contributed by atoms with Crippen molar-refractivity contribution in [1.29, 1.82) is 0 Å². The number of fused-ring (bicyclic) bond motifs is 1. The number of nitrogen functional groups attached to an aromatic ring is 1. The monoisotopic (exact) mass is 226 g/mol. The van der Waals surface area contributed by atoms with Crippen molar-refractivity contribution in [2.24, 2.45) is 0 Å². The largest absolute Gasteiger partial charge is 0.398 e. The second-order valence-electron chi connectivity index (χ2n) is 3.62. The second kappa shape index (κ2) is 3.37. The van der Waals surface area contributed by atoms with Crippen molar-refractivity contribution >= 4 is 16.6 Å². The number of pyridine rings is 1. The lowest BCUT2D eigenvalue weighted by atomic mass is 10.1. The Morgan fingerprint density at radius 1 is 1.12 bits per heavy atom. The summed E-state index contributed by atoms with van der Waals surface area (Å²) in [6.07, 6.45) is 0. The SMILES string of the molecule is Cc1nc2cc(F)c(F)c(F)c2c(N)c1C. The van der Waals surface area contributed by atoms with Crippen molar-refractivity contribution in [1.82, 2.24) is 4.98 Å². The van der Waals surface area contributed by atoms with Crippen molar-refractivity contribution < 1.29 is 13.2 Å². The first-order chi connectivity index (χ1) is 7.43. The fourth-order valence-electron chi connectivity index (χ4n) is 1.57. The average Bonchev–Trinajstić information content (AvgIpc) is 2.23. The molecule has 0 aliphatic heterocycles. The third-order valence-corrected chi connectivity index (χ3v) is 2.65. The lowest BCUT2D eigenvalue weighted by molar-refractivity contribution is 0.453. The lowest BCUT2D eigenvalue weighted by Crippen LogP contribution is -2.02. The van der Waals surface area contributed by atoms with Gasteiger partial charge in [0.2, 0.25) is 0 Å². The van der Waals surface area contributed by atoms with Crippen LogP contribution in [0, 0.1) is 31.3 Å². The van der Waals surface area contributed by atoms with Crippen LogP contribution in [0.4, 0.5) is 18.9 Å². The number of benzene rings is 1. The summed E-state index contributed by atoms with van der Waals surface area (Å²) in [7, 11) is 0. The molecule has 0 atom stereocenters. The molecular weight excluding hydrogens is 217 g/mol. The summed E-state index contributed by atoms with van der Waals surface area (Å²) in [6, 6.07) is 0.844. The topological polar surface area (TPSA) is 38.9 Å². The Balaban J connectivity index is 3.03. The van der Waals surface area contributed by atoms with E-state index < -0.39 is 17.5 Å². The number of halogens is 3. The van der Waals surface area contributed by atoms with E-state index in [1.165, 1.54) is 0 Å². The number of rotatable bonds is 0. The minimum atomic E-state index is -1.52. The van der Waals surface area contributed by atoms with Gasteiger partial charge in [-0.15, -0.1) is 0 Å². The molecule has 84 valence electrons. The van der Waals surface area contributed by atoms with Gasteiger partial charge in [0.25, 0.3) is 0 Å². The van der Waals surface area contributed by atoms with Gasteiger partial charge in [-0.25, -0.2) is 13.2 Å². The van der Waals surface area contributed by atoms with Crippen molar-refractivity contribution in [2.75, 3.05) is 5.73 Å². The summed E-state index contributed by atoms with van der Waals surface area (Å²) in [6.45, 7) is 3.32. The smallest absolute Gasteiger partial charge is 0.195 e. The van der Waals surface area contributed by atoms with E-state index >= 15 is 0 Å². The maximum atomic E-state index is 13.5. The fraction of sp³-hybridized carbons (Fsp3) is 0.182. The Morgan fingerprint density at radius 3 is 2.38 bits per heavy atom. The number of aryl methyl sites for hydroxylation is 1. The maximum Gasteiger partial charge on any atom is 0.195 e. The molecule has 2 rings (SSSR count). The Morgan fingerprint density at radius 2 is 1.75 bits per heavy atom. The van der Waals surface area contributed by atoms with Crippen LogP contribution in [0.3, 0.4) is 0 Å². The van der Waals surface area contributed by atoms with Crippen LogP contribution >= 0.6 is 0 Å². The van der Waals surface area contributed by atoms with Crippen LogP contribution in [0.1, 0.15) is 11.3 Å². The van der Waals surface area contributed by atoms with Crippen LogP contribution in [0.15, 0.2) is 6.07 Å². The molecule has 2 aromatic rings. The standard InChI is InChI=1S/C11H9F3N2/c1-4-5(2)16-7-3-6(12)9(13)10(14)8(7)11(4)15/h3H,1-2H3,(H2,15,16). The fourth-order valence-corrected chi connectivity index (χ4v) is 1.57. The van der Waals surface area contributed by atoms with E-state index in [4.69, 9.17) is 5.73 Å². The molecule has 0 spiro atoms. The molecule has 1 heterocycles. The molecule has 1 aromatic heterocycles. The van der Waals surface area contributed by atoms with E-state index in [0.717, 1.165) is 6.07 Å². The minimum Gasteiger partial charge on any atom is -0.398 e. The van der Waals surface area contributed by atoms with Crippen LogP contribution in [-0.2, 0) is 0 Å². The molecule has 0 saturated carbocycles. The van der Waals surface area contributed by atoms with Gasteiger partial charge in [0.15, 0.2) is 17.5 Å². The Kier molecular flexibility index (Phi) is 2.26. The van der Waals surface area contributed by atoms with Gasteiger partial charge in [-0.05, 0) is 19.4 Å². The molecule has 0 aliphatic rings. The minimum absolute atomic E-state index is 0.0250. The van der Waals surface area contributed by atoms with E-state index in [-0.39, 0.29) is 16.6 Å². The zero-order valence-corrected chi connectivity index (χ0v) is 8.74. The van der Waals surface area contributed by atoms with Gasteiger partial charge in [0.05, 0.1) is 10.9 Å². The highest BCUT2D eigenvalue weighted by molar-refractivity contribution is 5.92. The van der Waals surface area contributed by atoms with Gasteiger partial charge in [0.1, 0.15) is 0 Å². The summed E-state index contributed by atoms with van der Waals surface area (Å²) in [4.78, 5) is 3.97. The van der Waals surface area contributed by atoms with Gasteiger partial charge in [-0.1, -0.05) is 0 Å². The molecule has 1 aromatic carbocycles. The highest BCUT2D eigenvalue weighted by atomic mass is 19.2. The molecule has 16 heavy (non-hydrogen) atoms. The number of hydrogen-bond donors (Lipinski definition) is 1. The Bertz CT molecular complexity index is 545. The zero-order chi connectivity index (χ0) is 12.0. The van der Waals surface area contributed by atoms with Crippen LogP contribution in [0.5, 0.6) is 0 Å². The molecule has 0 aliphatic carbocycles. The first kappa shape index (κ1) is 10.7. The number of nitrogens with two attached hydrogens (primary N) is 1. The van der Waals surface area contributed by atoms with E-state index in [1.54, 1.807) is 13.8 Å². The third kappa shape index (κ3) is 1.31. The first-order valence-electron chi connectivity index (χ1n) is 4.63. The first-order valence-corrected chi connectivity index (χ1v) is 4.63. The molecule has 2 N–H and O–H groups in total. The van der Waals surface area contributed by atoms with Gasteiger partial charge in [0, 0.05) is 17.4 Å². The van der Waals surface area contributed by atoms with Crippen molar-refractivity contribution in [3.63, 3.8) is 0 Å². The van der Waals surface area contributed by atoms with Gasteiger partial charge in [-0.3, -0.25) is 4.98 Å². The summed E-state index contributed by atoms with van der Waals surface area (Å²) in [5.74, 6) is -4.08. The quantitative estimate of drug-likeness (QED) is 0.701. The van der Waals surface area contributed by atoms with Crippen molar-refractivity contribution in [3.05, 3.63) is 34.8 Å². The number of nitrogens with zero attached hydrogens (tertiary/aromatic N) is 1. The molecule has 0 unspecified atom stereocenters. The molecule has 0 saturated heterocycles. The molecule has 0 fully saturated rings. The van der Waals surface area contributed by atoms with Crippen LogP contribution in [-0.4, -0.2) is 4.98 Å². The van der Waals surface area contributed by atoms with Crippen LogP contribution in [0.2, 0.25) is 0 Å². The van der Waals surface area contributed by atoms with Gasteiger partial charge in [-0.2, -0.15) is 0 Å². The molecule has 0 bridgehead atoms. The molecular formula is C11H9F3N2. The maximum absolute atomic E-state index is 13.5. The van der Waals surface area contributed by atoms with E-state index in [9.17, 15) is 13.2 Å². The summed E-state index contributed by atoms with van der Waals surface area (Å²) in [5.41, 5.74) is 6.92. The predicted molar refractivity (Wildman–Crippen MR) is 55.5 cm³/mol. The predicted octanol–water partition coefficient (Wildman–Crippen LogP) is 2.85. The number of aromatic nitrogens is 1. The second-order valence-corrected chi connectivity index (χ2v) is 3.62. The van der Waals surface area contributed by atoms with E-state index in [0.29, 0.717) is 11.3 Å². The van der Waals surface area contributed by atoms with Gasteiger partial charge >= 0.3 is 0 Å². The Labute approximate surface area is 89.9 Å². The molecule has 0 amide bonds. The van der Waals surface area contributed by atoms with Crippen molar-refractivity contribution in [2.45, 2.75) is 13.8 Å². The highest BCUT2D eigenvalue weighted by Gasteiger charge is 2.18. The average molecular weight is 226 g/mol. The highest BCUT2D eigenvalue weighted by Crippen LogP contribution is 2.29. The number of anilines is 1. The number of hydrogen-bond acceptors (Lipinski definition) is 2. The molecule has 0 radical (unpaired) electrons. The van der Waals surface area contributed by atoms with Gasteiger partial charge < -0.3 is 5.73 Å². The summed E-state index contributed by atoms with van der Waals surface area (Å²) in [5, 5.41) is -0.165. The van der Waals surface area contributed by atoms with E-state index in [1.807, 2.05) is 0 Å². The summed E-state index contributed by atoms with van der Waals surface area (Å²) < 4.78 is 39.5. The third-order valence-electron chi connectivity index (χ3n) is 2.65. The Hall–Kier alpha value is -1.78. The van der Waals surface area contributed by atoms with Crippen LogP contribution < -0.4 is 5.73 Å².